The molecular weight excluding hydrogens is 255 g/mol. The summed E-state index contributed by atoms with van der Waals surface area (Å²) in [5, 5.41) is 18.6. The molecule has 1 saturated heterocycles. The quantitative estimate of drug-likeness (QED) is 0.919. The first-order chi connectivity index (χ1) is 9.62. The van der Waals surface area contributed by atoms with E-state index in [1.54, 1.807) is 6.07 Å². The number of nitriles is 1. The second-order valence-electron chi connectivity index (χ2n) is 5.70. The first-order valence-electron chi connectivity index (χ1n) is 7.14. The van der Waals surface area contributed by atoms with E-state index < -0.39 is 0 Å². The van der Waals surface area contributed by atoms with Crippen molar-refractivity contribution in [3.05, 3.63) is 35.1 Å². The van der Waals surface area contributed by atoms with E-state index in [9.17, 15) is 9.50 Å². The lowest BCUT2D eigenvalue weighted by atomic mass is 9.77. The van der Waals surface area contributed by atoms with Crippen LogP contribution in [-0.4, -0.2) is 29.7 Å². The molecule has 3 nitrogen and oxygen atoms in total. The predicted molar refractivity (Wildman–Crippen MR) is 75.4 cm³/mol. The summed E-state index contributed by atoms with van der Waals surface area (Å²) < 4.78 is 13.1. The number of rotatable bonds is 4. The van der Waals surface area contributed by atoms with Gasteiger partial charge < -0.3 is 5.11 Å². The molecule has 1 N–H and O–H groups in total. The van der Waals surface area contributed by atoms with E-state index in [0.29, 0.717) is 12.1 Å². The van der Waals surface area contributed by atoms with E-state index in [1.807, 2.05) is 0 Å². The van der Waals surface area contributed by atoms with Crippen LogP contribution in [0, 0.1) is 22.6 Å². The molecule has 2 rings (SSSR count). The minimum atomic E-state index is -0.366. The summed E-state index contributed by atoms with van der Waals surface area (Å²) in [7, 11) is 0. The fraction of sp³-hybridized carbons (Fsp3) is 0.562. The maximum Gasteiger partial charge on any atom is 0.124 e. The van der Waals surface area contributed by atoms with Gasteiger partial charge in [0.2, 0.25) is 0 Å². The van der Waals surface area contributed by atoms with E-state index >= 15 is 0 Å². The third-order valence-electron chi connectivity index (χ3n) is 4.59. The Labute approximate surface area is 119 Å². The van der Waals surface area contributed by atoms with Crippen LogP contribution in [0.2, 0.25) is 0 Å². The van der Waals surface area contributed by atoms with E-state index in [2.05, 4.69) is 17.9 Å². The lowest BCUT2D eigenvalue weighted by molar-refractivity contribution is 0.0382. The monoisotopic (exact) mass is 276 g/mol. The molecule has 0 spiro atoms. The average Bonchev–Trinajstić information content (AvgIpc) is 2.50. The van der Waals surface area contributed by atoms with Gasteiger partial charge in [-0.2, -0.15) is 5.26 Å². The minimum absolute atomic E-state index is 0.0668. The van der Waals surface area contributed by atoms with Crippen LogP contribution in [0.5, 0.6) is 0 Å². The average molecular weight is 276 g/mol. The van der Waals surface area contributed by atoms with Crippen molar-refractivity contribution >= 4 is 0 Å². The minimum Gasteiger partial charge on any atom is -0.396 e. The van der Waals surface area contributed by atoms with Gasteiger partial charge >= 0.3 is 0 Å². The van der Waals surface area contributed by atoms with Crippen LogP contribution < -0.4 is 0 Å². The fourth-order valence-electron chi connectivity index (χ4n) is 2.84. The number of nitrogens with zero attached hydrogens (tertiary/aromatic N) is 2. The van der Waals surface area contributed by atoms with Crippen LogP contribution in [0.1, 0.15) is 37.3 Å². The molecule has 108 valence electrons. The molecular formula is C16H21FN2O. The lowest BCUT2D eigenvalue weighted by Gasteiger charge is -2.40. The number of benzene rings is 1. The van der Waals surface area contributed by atoms with Crippen LogP contribution in [0.15, 0.2) is 18.2 Å². The van der Waals surface area contributed by atoms with Crippen molar-refractivity contribution in [2.75, 3.05) is 19.7 Å². The maximum atomic E-state index is 13.1. The molecule has 0 aliphatic carbocycles. The number of piperidine rings is 1. The number of halogens is 1. The van der Waals surface area contributed by atoms with Crippen molar-refractivity contribution in [1.82, 2.24) is 4.90 Å². The number of aliphatic hydroxyl groups is 1. The first-order valence-corrected chi connectivity index (χ1v) is 7.14. The van der Waals surface area contributed by atoms with Crippen molar-refractivity contribution < 1.29 is 9.50 Å². The van der Waals surface area contributed by atoms with Crippen LogP contribution in [0.4, 0.5) is 4.39 Å². The van der Waals surface area contributed by atoms with Gasteiger partial charge in [0.25, 0.3) is 0 Å². The van der Waals surface area contributed by atoms with Gasteiger partial charge in [-0.05, 0) is 55.5 Å². The lowest BCUT2D eigenvalue weighted by Crippen LogP contribution is -2.41. The summed E-state index contributed by atoms with van der Waals surface area (Å²) in [5.74, 6) is -0.366. The molecule has 0 aromatic heterocycles. The molecule has 1 aromatic rings. The Hall–Kier alpha value is -1.44. The van der Waals surface area contributed by atoms with Gasteiger partial charge in [-0.25, -0.2) is 4.39 Å². The third-order valence-corrected chi connectivity index (χ3v) is 4.59. The normalized spacial score (nSPS) is 18.7. The number of hydrogen-bond acceptors (Lipinski definition) is 3. The standard InChI is InChI=1S/C16H21FN2O/c1-2-16(12-20)5-7-19(8-6-16)11-13-3-4-15(17)9-14(13)10-18/h3-4,9,20H,2,5-8,11-12H2,1H3. The molecule has 1 aromatic carbocycles. The van der Waals surface area contributed by atoms with Crippen LogP contribution in [-0.2, 0) is 6.54 Å². The molecule has 1 aliphatic rings. The molecule has 1 aliphatic heterocycles. The summed E-state index contributed by atoms with van der Waals surface area (Å²) >= 11 is 0. The van der Waals surface area contributed by atoms with Crippen molar-refractivity contribution in [2.24, 2.45) is 5.41 Å². The summed E-state index contributed by atoms with van der Waals surface area (Å²) in [6.45, 7) is 4.87. The first kappa shape index (κ1) is 15.0. The van der Waals surface area contributed by atoms with Crippen molar-refractivity contribution in [3.8, 4) is 6.07 Å². The Morgan fingerprint density at radius 2 is 2.10 bits per heavy atom. The highest BCUT2D eigenvalue weighted by Gasteiger charge is 2.32. The Balaban J connectivity index is 2.01. The van der Waals surface area contributed by atoms with E-state index in [-0.39, 0.29) is 17.8 Å². The molecule has 0 bridgehead atoms. The van der Waals surface area contributed by atoms with Crippen molar-refractivity contribution in [2.45, 2.75) is 32.7 Å². The Kier molecular flexibility index (Phi) is 4.74. The Bertz CT molecular complexity index is 496. The summed E-state index contributed by atoms with van der Waals surface area (Å²) in [4.78, 5) is 2.28. The molecule has 0 unspecified atom stereocenters. The summed E-state index contributed by atoms with van der Waals surface area (Å²) in [5.41, 5.74) is 1.36. The van der Waals surface area contributed by atoms with Gasteiger partial charge in [0.15, 0.2) is 0 Å². The van der Waals surface area contributed by atoms with Gasteiger partial charge in [0.05, 0.1) is 11.6 Å². The third kappa shape index (κ3) is 3.17. The van der Waals surface area contributed by atoms with Crippen LogP contribution in [0.3, 0.4) is 0 Å². The molecule has 20 heavy (non-hydrogen) atoms. The largest absolute Gasteiger partial charge is 0.396 e. The molecule has 4 heteroatoms. The zero-order valence-corrected chi connectivity index (χ0v) is 11.9. The fourth-order valence-corrected chi connectivity index (χ4v) is 2.84. The van der Waals surface area contributed by atoms with Crippen LogP contribution >= 0.6 is 0 Å². The Morgan fingerprint density at radius 1 is 1.40 bits per heavy atom. The summed E-state index contributed by atoms with van der Waals surface area (Å²) in [6.07, 6.45) is 2.95. The topological polar surface area (TPSA) is 47.3 Å². The Morgan fingerprint density at radius 3 is 2.65 bits per heavy atom. The SMILES string of the molecule is CCC1(CO)CCN(Cc2ccc(F)cc2C#N)CC1. The van der Waals surface area contributed by atoms with Gasteiger partial charge in [0, 0.05) is 13.2 Å². The highest BCUT2D eigenvalue weighted by Crippen LogP contribution is 2.34. The molecule has 0 atom stereocenters. The number of aliphatic hydroxyl groups excluding tert-OH is 1. The van der Waals surface area contributed by atoms with Gasteiger partial charge in [-0.3, -0.25) is 4.90 Å². The smallest absolute Gasteiger partial charge is 0.124 e. The maximum absolute atomic E-state index is 13.1. The highest BCUT2D eigenvalue weighted by atomic mass is 19.1. The highest BCUT2D eigenvalue weighted by molar-refractivity contribution is 5.37. The van der Waals surface area contributed by atoms with Gasteiger partial charge in [-0.15, -0.1) is 0 Å². The van der Waals surface area contributed by atoms with E-state index in [1.165, 1.54) is 12.1 Å². The van der Waals surface area contributed by atoms with E-state index in [4.69, 9.17) is 5.26 Å². The van der Waals surface area contributed by atoms with E-state index in [0.717, 1.165) is 37.9 Å². The number of likely N-dealkylation sites (tertiary alicyclic amines) is 1. The molecule has 1 heterocycles. The predicted octanol–water partition coefficient (Wildman–Crippen LogP) is 2.68. The molecule has 0 amide bonds. The zero-order chi connectivity index (χ0) is 14.6. The second kappa shape index (κ2) is 6.34. The zero-order valence-electron chi connectivity index (χ0n) is 11.9. The van der Waals surface area contributed by atoms with Gasteiger partial charge in [-0.1, -0.05) is 13.0 Å². The van der Waals surface area contributed by atoms with Crippen LogP contribution in [0.25, 0.3) is 0 Å². The molecule has 1 fully saturated rings. The molecule has 0 radical (unpaired) electrons. The van der Waals surface area contributed by atoms with Crippen molar-refractivity contribution in [3.63, 3.8) is 0 Å². The summed E-state index contributed by atoms with van der Waals surface area (Å²) in [6, 6.07) is 6.46. The van der Waals surface area contributed by atoms with Crippen molar-refractivity contribution in [1.29, 1.82) is 5.26 Å². The molecule has 0 saturated carbocycles. The van der Waals surface area contributed by atoms with Gasteiger partial charge in [0.1, 0.15) is 5.82 Å². The second-order valence-corrected chi connectivity index (χ2v) is 5.70. The number of hydrogen-bond donors (Lipinski definition) is 1.